The molecule has 0 aliphatic heterocycles. The van der Waals surface area contributed by atoms with Crippen molar-refractivity contribution < 1.29 is 0 Å². The molecule has 12 heavy (non-hydrogen) atoms. The first-order valence-electron chi connectivity index (χ1n) is 4.20. The molecule has 0 fully saturated rings. The van der Waals surface area contributed by atoms with Gasteiger partial charge in [0.2, 0.25) is 0 Å². The summed E-state index contributed by atoms with van der Waals surface area (Å²) in [7, 11) is 1.95. The Morgan fingerprint density at radius 1 is 1.25 bits per heavy atom. The fraction of sp³-hybridized carbons (Fsp3) is 0.556. The lowest BCUT2D eigenvalue weighted by Crippen LogP contribution is -2.28. The third-order valence-corrected chi connectivity index (χ3v) is 2.20. The lowest BCUT2D eigenvalue weighted by atomic mass is 10.0. The van der Waals surface area contributed by atoms with Gasteiger partial charge in [0.05, 0.1) is 0 Å². The van der Waals surface area contributed by atoms with E-state index in [4.69, 9.17) is 0 Å². The zero-order valence-corrected chi connectivity index (χ0v) is 7.78. The Morgan fingerprint density at radius 2 is 1.83 bits per heavy atom. The van der Waals surface area contributed by atoms with Crippen LogP contribution in [0.4, 0.5) is 0 Å². The smallest absolute Gasteiger partial charge is 0.132 e. The highest BCUT2D eigenvalue weighted by Crippen LogP contribution is 2.12. The molecule has 0 saturated heterocycles. The molecule has 1 heterocycles. The van der Waals surface area contributed by atoms with Gasteiger partial charge in [-0.2, -0.15) is 0 Å². The van der Waals surface area contributed by atoms with Gasteiger partial charge in [0, 0.05) is 24.4 Å². The van der Waals surface area contributed by atoms with Crippen molar-refractivity contribution in [3.8, 4) is 0 Å². The van der Waals surface area contributed by atoms with Crippen molar-refractivity contribution in [3.63, 3.8) is 0 Å². The van der Waals surface area contributed by atoms with Gasteiger partial charge in [0.15, 0.2) is 0 Å². The van der Waals surface area contributed by atoms with Gasteiger partial charge in [0.25, 0.3) is 0 Å². The molecule has 1 rings (SSSR count). The Kier molecular flexibility index (Phi) is 3.17. The molecule has 3 heteroatoms. The first-order valence-corrected chi connectivity index (χ1v) is 4.20. The number of nitrogens with one attached hydrogen (secondary N) is 1. The first kappa shape index (κ1) is 9.13. The minimum absolute atomic E-state index is 0.358. The molecule has 2 unspecified atom stereocenters. The van der Waals surface area contributed by atoms with Crippen LogP contribution in [0, 0.1) is 0 Å². The van der Waals surface area contributed by atoms with Gasteiger partial charge in [-0.3, -0.25) is 0 Å². The number of rotatable bonds is 3. The topological polar surface area (TPSA) is 37.8 Å². The zero-order chi connectivity index (χ0) is 8.97. The van der Waals surface area contributed by atoms with Crippen molar-refractivity contribution in [1.82, 2.24) is 15.3 Å². The quantitative estimate of drug-likeness (QED) is 0.731. The van der Waals surface area contributed by atoms with Crippen LogP contribution in [0.15, 0.2) is 18.5 Å². The van der Waals surface area contributed by atoms with E-state index in [2.05, 4.69) is 29.1 Å². The maximum absolute atomic E-state index is 4.20. The van der Waals surface area contributed by atoms with E-state index >= 15 is 0 Å². The van der Waals surface area contributed by atoms with Crippen LogP contribution in [0.2, 0.25) is 0 Å². The van der Waals surface area contributed by atoms with Gasteiger partial charge in [-0.05, 0) is 20.0 Å². The van der Waals surface area contributed by atoms with Crippen LogP contribution >= 0.6 is 0 Å². The zero-order valence-electron chi connectivity index (χ0n) is 7.78. The molecule has 0 saturated carbocycles. The highest BCUT2D eigenvalue weighted by Gasteiger charge is 2.13. The van der Waals surface area contributed by atoms with Crippen molar-refractivity contribution in [2.24, 2.45) is 0 Å². The van der Waals surface area contributed by atoms with Crippen LogP contribution < -0.4 is 5.32 Å². The third kappa shape index (κ3) is 2.01. The molecule has 0 aromatic carbocycles. The number of aromatic nitrogens is 2. The number of likely N-dealkylation sites (N-methyl/N-ethyl adjacent to an activating group) is 1. The maximum Gasteiger partial charge on any atom is 0.132 e. The Hall–Kier alpha value is -0.960. The SMILES string of the molecule is CNC(C)C(C)c1ncccn1. The average molecular weight is 165 g/mol. The van der Waals surface area contributed by atoms with Gasteiger partial charge in [0.1, 0.15) is 5.82 Å². The lowest BCUT2D eigenvalue weighted by Gasteiger charge is -2.17. The van der Waals surface area contributed by atoms with Gasteiger partial charge in [-0.1, -0.05) is 6.92 Å². The summed E-state index contributed by atoms with van der Waals surface area (Å²) in [6.07, 6.45) is 3.56. The molecular weight excluding hydrogens is 150 g/mol. The van der Waals surface area contributed by atoms with E-state index in [0.717, 1.165) is 5.82 Å². The molecule has 0 aliphatic rings. The summed E-state index contributed by atoms with van der Waals surface area (Å²) >= 11 is 0. The van der Waals surface area contributed by atoms with Gasteiger partial charge < -0.3 is 5.32 Å². The van der Waals surface area contributed by atoms with E-state index < -0.39 is 0 Å². The van der Waals surface area contributed by atoms with Crippen molar-refractivity contribution >= 4 is 0 Å². The van der Waals surface area contributed by atoms with Gasteiger partial charge in [-0.15, -0.1) is 0 Å². The molecule has 0 amide bonds. The van der Waals surface area contributed by atoms with E-state index in [1.807, 2.05) is 13.1 Å². The number of hydrogen-bond donors (Lipinski definition) is 1. The van der Waals surface area contributed by atoms with Crippen LogP contribution in [0.1, 0.15) is 25.6 Å². The van der Waals surface area contributed by atoms with E-state index in [9.17, 15) is 0 Å². The summed E-state index contributed by atoms with van der Waals surface area (Å²) in [5.41, 5.74) is 0. The Labute approximate surface area is 73.2 Å². The van der Waals surface area contributed by atoms with Crippen molar-refractivity contribution in [2.45, 2.75) is 25.8 Å². The van der Waals surface area contributed by atoms with Crippen LogP contribution in [-0.4, -0.2) is 23.1 Å². The molecule has 3 nitrogen and oxygen atoms in total. The van der Waals surface area contributed by atoms with E-state index in [1.54, 1.807) is 12.4 Å². The van der Waals surface area contributed by atoms with Gasteiger partial charge in [-0.25, -0.2) is 9.97 Å². The third-order valence-electron chi connectivity index (χ3n) is 2.20. The van der Waals surface area contributed by atoms with E-state index in [-0.39, 0.29) is 0 Å². The predicted octanol–water partition coefficient (Wildman–Crippen LogP) is 1.19. The van der Waals surface area contributed by atoms with Gasteiger partial charge >= 0.3 is 0 Å². The van der Waals surface area contributed by atoms with Crippen molar-refractivity contribution in [3.05, 3.63) is 24.3 Å². The molecule has 0 spiro atoms. The monoisotopic (exact) mass is 165 g/mol. The van der Waals surface area contributed by atoms with Crippen molar-refractivity contribution in [1.29, 1.82) is 0 Å². The maximum atomic E-state index is 4.20. The van der Waals surface area contributed by atoms with Crippen molar-refractivity contribution in [2.75, 3.05) is 7.05 Å². The summed E-state index contributed by atoms with van der Waals surface area (Å²) in [5, 5.41) is 3.18. The molecule has 2 atom stereocenters. The molecule has 0 aliphatic carbocycles. The fourth-order valence-corrected chi connectivity index (χ4v) is 1.02. The highest BCUT2D eigenvalue weighted by atomic mass is 14.9. The van der Waals surface area contributed by atoms with Crippen LogP contribution in [0.3, 0.4) is 0 Å². The number of hydrogen-bond acceptors (Lipinski definition) is 3. The standard InChI is InChI=1S/C9H15N3/c1-7(8(2)10-3)9-11-5-4-6-12-9/h4-8,10H,1-3H3. The first-order chi connectivity index (χ1) is 5.75. The lowest BCUT2D eigenvalue weighted by molar-refractivity contribution is 0.504. The Morgan fingerprint density at radius 3 is 2.33 bits per heavy atom. The molecule has 1 N–H and O–H groups in total. The number of nitrogens with zero attached hydrogens (tertiary/aromatic N) is 2. The van der Waals surface area contributed by atoms with E-state index in [1.165, 1.54) is 0 Å². The molecule has 0 radical (unpaired) electrons. The van der Waals surface area contributed by atoms with E-state index in [0.29, 0.717) is 12.0 Å². The molecule has 1 aromatic heterocycles. The fourth-order valence-electron chi connectivity index (χ4n) is 1.02. The predicted molar refractivity (Wildman–Crippen MR) is 49.0 cm³/mol. The molecule has 66 valence electrons. The molecule has 0 bridgehead atoms. The second-order valence-electron chi connectivity index (χ2n) is 2.97. The molecule has 1 aromatic rings. The Bertz CT molecular complexity index is 222. The Balaban J connectivity index is 2.71. The molecular formula is C9H15N3. The van der Waals surface area contributed by atoms with Crippen LogP contribution in [-0.2, 0) is 0 Å². The summed E-state index contributed by atoms with van der Waals surface area (Å²) < 4.78 is 0. The highest BCUT2D eigenvalue weighted by molar-refractivity contribution is 4.98. The summed E-state index contributed by atoms with van der Waals surface area (Å²) in [4.78, 5) is 8.39. The van der Waals surface area contributed by atoms with Crippen LogP contribution in [0.5, 0.6) is 0 Å². The summed E-state index contributed by atoms with van der Waals surface area (Å²) in [5.74, 6) is 1.26. The second-order valence-corrected chi connectivity index (χ2v) is 2.97. The minimum atomic E-state index is 0.358. The summed E-state index contributed by atoms with van der Waals surface area (Å²) in [6.45, 7) is 4.25. The largest absolute Gasteiger partial charge is 0.317 e. The van der Waals surface area contributed by atoms with Crippen LogP contribution in [0.25, 0.3) is 0 Å². The minimum Gasteiger partial charge on any atom is -0.317 e. The normalized spacial score (nSPS) is 15.6. The second kappa shape index (κ2) is 4.16. The average Bonchev–Trinajstić information content (AvgIpc) is 2.17. The summed E-state index contributed by atoms with van der Waals surface area (Å²) in [6, 6.07) is 2.24.